The summed E-state index contributed by atoms with van der Waals surface area (Å²) in [6.45, 7) is 5.21. The minimum Gasteiger partial charge on any atom is -0.488 e. The van der Waals surface area contributed by atoms with E-state index in [0.717, 1.165) is 45.2 Å². The van der Waals surface area contributed by atoms with Crippen LogP contribution in [0.4, 0.5) is 4.39 Å². The van der Waals surface area contributed by atoms with Crippen LogP contribution in [0.1, 0.15) is 65.1 Å². The Balaban J connectivity index is 1.33. The lowest BCUT2D eigenvalue weighted by Crippen LogP contribution is -2.49. The van der Waals surface area contributed by atoms with Gasteiger partial charge in [0.1, 0.15) is 17.7 Å². The van der Waals surface area contributed by atoms with Crippen LogP contribution in [0.15, 0.2) is 36.4 Å². The van der Waals surface area contributed by atoms with E-state index in [1.807, 2.05) is 0 Å². The molecule has 0 radical (unpaired) electrons. The van der Waals surface area contributed by atoms with E-state index in [2.05, 4.69) is 40.8 Å². The Morgan fingerprint density at radius 1 is 1.09 bits per heavy atom. The molecule has 1 N–H and O–H groups in total. The number of carbonyl (C=O) groups is 1. The van der Waals surface area contributed by atoms with E-state index < -0.39 is 21.9 Å². The Bertz CT molecular complexity index is 1190. The molecule has 9 heteroatoms. The number of hydrogen-bond donors (Lipinski definition) is 1. The van der Waals surface area contributed by atoms with Gasteiger partial charge in [0.25, 0.3) is 5.91 Å². The van der Waals surface area contributed by atoms with E-state index in [0.29, 0.717) is 25.2 Å². The predicted molar refractivity (Wildman–Crippen MR) is 131 cm³/mol. The molecule has 0 aromatic heterocycles. The van der Waals surface area contributed by atoms with E-state index in [4.69, 9.17) is 4.74 Å². The number of benzene rings is 2. The van der Waals surface area contributed by atoms with Gasteiger partial charge in [-0.1, -0.05) is 29.8 Å². The standard InChI is InChI=1S/C26H32FN3O4S/c1-18-5-7-19(8-6-18)16-29-11-2-4-21(17-29)34-25-15-24(27)22(20-9-10-20)14-23(25)26(31)28-35(32,33)30-12-3-13-30/h5-8,14-15,20-21H,2-4,9-13,16-17H2,1H3,(H,28,31). The van der Waals surface area contributed by atoms with Gasteiger partial charge in [-0.2, -0.15) is 12.7 Å². The molecule has 1 saturated carbocycles. The van der Waals surface area contributed by atoms with Crippen molar-refractivity contribution >= 4 is 16.1 Å². The Labute approximate surface area is 206 Å². The number of halogens is 1. The second-order valence-electron chi connectivity index (χ2n) is 9.94. The first-order valence-electron chi connectivity index (χ1n) is 12.4. The van der Waals surface area contributed by atoms with Gasteiger partial charge in [0.05, 0.1) is 5.56 Å². The number of amides is 1. The van der Waals surface area contributed by atoms with Crippen LogP contribution in [0, 0.1) is 12.7 Å². The third-order valence-electron chi connectivity index (χ3n) is 7.02. The zero-order chi connectivity index (χ0) is 24.6. The molecule has 1 atom stereocenters. The molecule has 2 saturated heterocycles. The van der Waals surface area contributed by atoms with Gasteiger partial charge >= 0.3 is 10.2 Å². The minimum atomic E-state index is -3.92. The summed E-state index contributed by atoms with van der Waals surface area (Å²) in [6.07, 6.45) is 3.97. The summed E-state index contributed by atoms with van der Waals surface area (Å²) in [5.74, 6) is -1.01. The zero-order valence-corrected chi connectivity index (χ0v) is 20.8. The molecule has 7 nitrogen and oxygen atoms in total. The van der Waals surface area contributed by atoms with E-state index in [1.165, 1.54) is 27.6 Å². The molecule has 1 unspecified atom stereocenters. The zero-order valence-electron chi connectivity index (χ0n) is 20.0. The highest BCUT2D eigenvalue weighted by Crippen LogP contribution is 2.43. The van der Waals surface area contributed by atoms with Crippen LogP contribution in [0.2, 0.25) is 0 Å². The highest BCUT2D eigenvalue weighted by Gasteiger charge is 2.33. The number of rotatable bonds is 8. The molecule has 3 aliphatic rings. The Kier molecular flexibility index (Phi) is 6.83. The fourth-order valence-electron chi connectivity index (χ4n) is 4.70. The van der Waals surface area contributed by atoms with E-state index in [-0.39, 0.29) is 23.3 Å². The first-order chi connectivity index (χ1) is 16.8. The topological polar surface area (TPSA) is 79.0 Å². The lowest BCUT2D eigenvalue weighted by atomic mass is 10.0. The normalized spacial score (nSPS) is 21.4. The number of nitrogens with one attached hydrogen (secondary N) is 1. The van der Waals surface area contributed by atoms with Crippen LogP contribution < -0.4 is 9.46 Å². The van der Waals surface area contributed by atoms with Crippen LogP contribution in [0.25, 0.3) is 0 Å². The van der Waals surface area contributed by atoms with Gasteiger partial charge in [-0.05, 0) is 68.7 Å². The smallest absolute Gasteiger partial charge is 0.304 e. The average Bonchev–Trinajstić information content (AvgIpc) is 3.59. The van der Waals surface area contributed by atoms with E-state index in [1.54, 1.807) is 0 Å². The first-order valence-corrected chi connectivity index (χ1v) is 13.8. The van der Waals surface area contributed by atoms with E-state index in [9.17, 15) is 17.6 Å². The molecular formula is C26H32FN3O4S. The van der Waals surface area contributed by atoms with E-state index >= 15 is 0 Å². The second-order valence-corrected chi connectivity index (χ2v) is 11.6. The highest BCUT2D eigenvalue weighted by molar-refractivity contribution is 7.87. The van der Waals surface area contributed by atoms with Crippen molar-refractivity contribution in [2.45, 2.75) is 57.6 Å². The summed E-state index contributed by atoms with van der Waals surface area (Å²) in [7, 11) is -3.92. The Morgan fingerprint density at radius 3 is 2.49 bits per heavy atom. The number of piperidine rings is 1. The van der Waals surface area contributed by atoms with Gasteiger partial charge in [-0.15, -0.1) is 0 Å². The van der Waals surface area contributed by atoms with Crippen LogP contribution in [-0.2, 0) is 16.8 Å². The van der Waals surface area contributed by atoms with Gasteiger partial charge in [0, 0.05) is 32.2 Å². The summed E-state index contributed by atoms with van der Waals surface area (Å²) in [6, 6.07) is 11.2. The van der Waals surface area contributed by atoms with Crippen molar-refractivity contribution in [2.75, 3.05) is 26.2 Å². The lowest BCUT2D eigenvalue weighted by Gasteiger charge is -2.33. The number of aryl methyl sites for hydroxylation is 1. The first kappa shape index (κ1) is 24.2. The average molecular weight is 502 g/mol. The van der Waals surface area contributed by atoms with Crippen LogP contribution in [-0.4, -0.2) is 55.8 Å². The molecule has 2 heterocycles. The van der Waals surface area contributed by atoms with Crippen molar-refractivity contribution in [2.24, 2.45) is 0 Å². The molecule has 1 amide bonds. The van der Waals surface area contributed by atoms with Gasteiger partial charge in [-0.25, -0.2) is 9.11 Å². The number of carbonyl (C=O) groups excluding carboxylic acids is 1. The molecule has 5 rings (SSSR count). The third kappa shape index (κ3) is 5.68. The predicted octanol–water partition coefficient (Wildman–Crippen LogP) is 3.74. The number of hydrogen-bond acceptors (Lipinski definition) is 5. The third-order valence-corrected chi connectivity index (χ3v) is 8.51. The summed E-state index contributed by atoms with van der Waals surface area (Å²) in [4.78, 5) is 15.4. The van der Waals surface area contributed by atoms with Crippen molar-refractivity contribution in [3.8, 4) is 5.75 Å². The fraction of sp³-hybridized carbons (Fsp3) is 0.500. The van der Waals surface area contributed by atoms with Crippen LogP contribution in [0.3, 0.4) is 0 Å². The summed E-state index contributed by atoms with van der Waals surface area (Å²) < 4.78 is 49.5. The number of nitrogens with zero attached hydrogens (tertiary/aromatic N) is 2. The molecule has 1 aliphatic carbocycles. The maximum atomic E-state index is 14.9. The highest BCUT2D eigenvalue weighted by atomic mass is 32.2. The SMILES string of the molecule is Cc1ccc(CN2CCCC(Oc3cc(F)c(C4CC4)cc3C(=O)NS(=O)(=O)N3CCC3)C2)cc1. The summed E-state index contributed by atoms with van der Waals surface area (Å²) in [5, 5.41) is 0. The summed E-state index contributed by atoms with van der Waals surface area (Å²) in [5.41, 5.74) is 2.96. The van der Waals surface area contributed by atoms with Crippen LogP contribution >= 0.6 is 0 Å². The maximum absolute atomic E-state index is 14.9. The molecule has 2 aliphatic heterocycles. The monoisotopic (exact) mass is 501 g/mol. The Hall–Kier alpha value is -2.49. The van der Waals surface area contributed by atoms with Gasteiger partial charge < -0.3 is 4.74 Å². The number of ether oxygens (including phenoxy) is 1. The van der Waals surface area contributed by atoms with Gasteiger partial charge in [0.2, 0.25) is 0 Å². The molecule has 2 aromatic rings. The van der Waals surface area contributed by atoms with Crippen molar-refractivity contribution in [3.05, 3.63) is 64.5 Å². The number of likely N-dealkylation sites (tertiary alicyclic amines) is 1. The molecule has 188 valence electrons. The van der Waals surface area contributed by atoms with Gasteiger partial charge in [-0.3, -0.25) is 9.69 Å². The molecule has 0 spiro atoms. The Morgan fingerprint density at radius 2 is 1.83 bits per heavy atom. The van der Waals surface area contributed by atoms with Crippen molar-refractivity contribution < 1.29 is 22.3 Å². The molecule has 35 heavy (non-hydrogen) atoms. The van der Waals surface area contributed by atoms with Crippen molar-refractivity contribution in [1.82, 2.24) is 13.9 Å². The summed E-state index contributed by atoms with van der Waals surface area (Å²) >= 11 is 0. The fourth-order valence-corrected chi connectivity index (χ4v) is 5.91. The molecule has 0 bridgehead atoms. The molecule has 3 fully saturated rings. The van der Waals surface area contributed by atoms with Crippen molar-refractivity contribution in [3.63, 3.8) is 0 Å². The lowest BCUT2D eigenvalue weighted by molar-refractivity contribution is 0.0813. The maximum Gasteiger partial charge on any atom is 0.304 e. The van der Waals surface area contributed by atoms with Crippen molar-refractivity contribution in [1.29, 1.82) is 0 Å². The largest absolute Gasteiger partial charge is 0.488 e. The molecular weight excluding hydrogens is 469 g/mol. The minimum absolute atomic E-state index is 0.0715. The second kappa shape index (κ2) is 9.87. The van der Waals surface area contributed by atoms with Crippen LogP contribution in [0.5, 0.6) is 5.75 Å². The molecule has 2 aromatic carbocycles. The van der Waals surface area contributed by atoms with Gasteiger partial charge in [0.15, 0.2) is 0 Å². The quantitative estimate of drug-likeness (QED) is 0.596.